The molecule has 1 aromatic heterocycles. The van der Waals surface area contributed by atoms with Crippen LogP contribution in [0.1, 0.15) is 25.1 Å². The quantitative estimate of drug-likeness (QED) is 0.750. The molecule has 0 atom stereocenters. The minimum atomic E-state index is 0.603. The maximum Gasteiger partial charge on any atom is 0.0720 e. The molecular formula is C14H16ClN. The van der Waals surface area contributed by atoms with Gasteiger partial charge in [-0.05, 0) is 37.5 Å². The largest absolute Gasteiger partial charge is 0.253 e. The predicted molar refractivity (Wildman–Crippen MR) is 70.0 cm³/mol. The number of aryl methyl sites for hydroxylation is 1. The van der Waals surface area contributed by atoms with Crippen LogP contribution in [0.15, 0.2) is 24.3 Å². The second-order valence-corrected chi connectivity index (χ2v) is 5.12. The van der Waals surface area contributed by atoms with Crippen LogP contribution in [0.5, 0.6) is 0 Å². The Kier molecular flexibility index (Phi) is 3.15. The van der Waals surface area contributed by atoms with E-state index in [2.05, 4.69) is 37.9 Å². The van der Waals surface area contributed by atoms with E-state index < -0.39 is 0 Å². The van der Waals surface area contributed by atoms with Gasteiger partial charge in [0.1, 0.15) is 0 Å². The zero-order valence-electron chi connectivity index (χ0n) is 9.92. The van der Waals surface area contributed by atoms with Gasteiger partial charge >= 0.3 is 0 Å². The van der Waals surface area contributed by atoms with E-state index in [1.54, 1.807) is 0 Å². The van der Waals surface area contributed by atoms with Gasteiger partial charge in [-0.2, -0.15) is 0 Å². The average Bonchev–Trinajstić information content (AvgIpc) is 2.18. The lowest BCUT2D eigenvalue weighted by atomic mass is 10.1. The average molecular weight is 234 g/mol. The second-order valence-electron chi connectivity index (χ2n) is 4.71. The number of hydrogen-bond donors (Lipinski definition) is 0. The lowest BCUT2D eigenvalue weighted by Gasteiger charge is -2.08. The van der Waals surface area contributed by atoms with E-state index in [4.69, 9.17) is 11.6 Å². The van der Waals surface area contributed by atoms with Crippen LogP contribution in [0.25, 0.3) is 10.9 Å². The first-order valence-corrected chi connectivity index (χ1v) is 6.00. The molecule has 0 fully saturated rings. The first-order chi connectivity index (χ1) is 7.56. The lowest BCUT2D eigenvalue weighted by Crippen LogP contribution is -1.97. The number of hydrogen-bond acceptors (Lipinski definition) is 1. The summed E-state index contributed by atoms with van der Waals surface area (Å²) in [5, 5.41) is 1.86. The second kappa shape index (κ2) is 4.42. The zero-order chi connectivity index (χ0) is 11.7. The van der Waals surface area contributed by atoms with Crippen molar-refractivity contribution in [2.45, 2.75) is 27.2 Å². The van der Waals surface area contributed by atoms with Crippen molar-refractivity contribution >= 4 is 22.5 Å². The number of fused-ring (bicyclic) bond motifs is 1. The fourth-order valence-electron chi connectivity index (χ4n) is 1.87. The summed E-state index contributed by atoms with van der Waals surface area (Å²) in [5.41, 5.74) is 3.29. The SMILES string of the molecule is Cc1ccc2nc(CC(C)C)cc(Cl)c2c1. The summed E-state index contributed by atoms with van der Waals surface area (Å²) in [5.74, 6) is 0.603. The van der Waals surface area contributed by atoms with E-state index in [9.17, 15) is 0 Å². The molecule has 1 aromatic carbocycles. The fourth-order valence-corrected chi connectivity index (χ4v) is 2.15. The van der Waals surface area contributed by atoms with Crippen molar-refractivity contribution in [1.29, 1.82) is 0 Å². The Morgan fingerprint density at radius 1 is 1.25 bits per heavy atom. The number of rotatable bonds is 2. The highest BCUT2D eigenvalue weighted by atomic mass is 35.5. The van der Waals surface area contributed by atoms with Gasteiger partial charge in [-0.1, -0.05) is 37.1 Å². The van der Waals surface area contributed by atoms with Gasteiger partial charge in [0.15, 0.2) is 0 Å². The summed E-state index contributed by atoms with van der Waals surface area (Å²) in [6.45, 7) is 6.45. The molecular weight excluding hydrogens is 218 g/mol. The molecule has 0 aliphatic rings. The summed E-state index contributed by atoms with van der Waals surface area (Å²) in [7, 11) is 0. The molecule has 2 aromatic rings. The van der Waals surface area contributed by atoms with Crippen molar-refractivity contribution < 1.29 is 0 Å². The molecule has 0 amide bonds. The molecule has 0 N–H and O–H groups in total. The molecule has 1 nitrogen and oxygen atoms in total. The summed E-state index contributed by atoms with van der Waals surface area (Å²) in [4.78, 5) is 4.63. The van der Waals surface area contributed by atoms with E-state index in [1.165, 1.54) is 5.56 Å². The number of halogens is 1. The van der Waals surface area contributed by atoms with Crippen LogP contribution in [0.2, 0.25) is 5.02 Å². The molecule has 1 heterocycles. The Morgan fingerprint density at radius 3 is 2.69 bits per heavy atom. The van der Waals surface area contributed by atoms with Crippen molar-refractivity contribution in [2.24, 2.45) is 5.92 Å². The molecule has 0 bridgehead atoms. The van der Waals surface area contributed by atoms with Crippen LogP contribution in [0.3, 0.4) is 0 Å². The molecule has 0 saturated heterocycles. The van der Waals surface area contributed by atoms with E-state index >= 15 is 0 Å². The maximum absolute atomic E-state index is 6.28. The fraction of sp³-hybridized carbons (Fsp3) is 0.357. The maximum atomic E-state index is 6.28. The minimum Gasteiger partial charge on any atom is -0.253 e. The Labute approximate surface area is 101 Å². The summed E-state index contributed by atoms with van der Waals surface area (Å²) in [6, 6.07) is 8.19. The molecule has 0 saturated carbocycles. The van der Waals surface area contributed by atoms with E-state index in [1.807, 2.05) is 12.1 Å². The van der Waals surface area contributed by atoms with Crippen molar-refractivity contribution in [2.75, 3.05) is 0 Å². The predicted octanol–water partition coefficient (Wildman–Crippen LogP) is 4.40. The zero-order valence-corrected chi connectivity index (χ0v) is 10.7. The van der Waals surface area contributed by atoms with E-state index in [0.717, 1.165) is 28.0 Å². The van der Waals surface area contributed by atoms with Gasteiger partial charge in [-0.15, -0.1) is 0 Å². The highest BCUT2D eigenvalue weighted by molar-refractivity contribution is 6.35. The van der Waals surface area contributed by atoms with E-state index in [-0.39, 0.29) is 0 Å². The standard InChI is InChI=1S/C14H16ClN/c1-9(2)6-11-8-13(15)12-7-10(3)4-5-14(12)16-11/h4-5,7-9H,6H2,1-3H3. The first-order valence-electron chi connectivity index (χ1n) is 5.62. The van der Waals surface area contributed by atoms with Gasteiger partial charge in [0.2, 0.25) is 0 Å². The Hall–Kier alpha value is -1.08. The molecule has 0 unspecified atom stereocenters. The Morgan fingerprint density at radius 2 is 2.00 bits per heavy atom. The number of aromatic nitrogens is 1. The van der Waals surface area contributed by atoms with Gasteiger partial charge in [0.25, 0.3) is 0 Å². The van der Waals surface area contributed by atoms with Gasteiger partial charge in [-0.3, -0.25) is 4.98 Å². The minimum absolute atomic E-state index is 0.603. The number of benzene rings is 1. The van der Waals surface area contributed by atoms with Crippen LogP contribution in [-0.2, 0) is 6.42 Å². The van der Waals surface area contributed by atoms with Gasteiger partial charge in [-0.25, -0.2) is 0 Å². The molecule has 0 aliphatic carbocycles. The topological polar surface area (TPSA) is 12.9 Å². The smallest absolute Gasteiger partial charge is 0.0720 e. The number of nitrogens with zero attached hydrogens (tertiary/aromatic N) is 1. The molecule has 84 valence electrons. The molecule has 2 heteroatoms. The summed E-state index contributed by atoms with van der Waals surface area (Å²) >= 11 is 6.28. The van der Waals surface area contributed by atoms with Gasteiger partial charge < -0.3 is 0 Å². The third kappa shape index (κ3) is 2.35. The third-order valence-electron chi connectivity index (χ3n) is 2.58. The molecule has 0 aliphatic heterocycles. The van der Waals surface area contributed by atoms with Crippen molar-refractivity contribution in [3.63, 3.8) is 0 Å². The Balaban J connectivity index is 2.55. The van der Waals surface area contributed by atoms with Gasteiger partial charge in [0, 0.05) is 11.1 Å². The van der Waals surface area contributed by atoms with Crippen LogP contribution in [-0.4, -0.2) is 4.98 Å². The number of pyridine rings is 1. The Bertz CT molecular complexity index is 517. The highest BCUT2D eigenvalue weighted by Gasteiger charge is 2.05. The van der Waals surface area contributed by atoms with Gasteiger partial charge in [0.05, 0.1) is 10.5 Å². The molecule has 0 radical (unpaired) electrons. The summed E-state index contributed by atoms with van der Waals surface area (Å²) < 4.78 is 0. The van der Waals surface area contributed by atoms with Crippen molar-refractivity contribution in [3.8, 4) is 0 Å². The van der Waals surface area contributed by atoms with Crippen LogP contribution in [0.4, 0.5) is 0 Å². The molecule has 2 rings (SSSR count). The normalized spacial score (nSPS) is 11.3. The van der Waals surface area contributed by atoms with Crippen molar-refractivity contribution in [3.05, 3.63) is 40.5 Å². The van der Waals surface area contributed by atoms with Crippen LogP contribution >= 0.6 is 11.6 Å². The third-order valence-corrected chi connectivity index (χ3v) is 2.90. The van der Waals surface area contributed by atoms with Crippen LogP contribution in [0, 0.1) is 12.8 Å². The lowest BCUT2D eigenvalue weighted by molar-refractivity contribution is 0.637. The summed E-state index contributed by atoms with van der Waals surface area (Å²) in [6.07, 6.45) is 0.976. The molecule has 16 heavy (non-hydrogen) atoms. The van der Waals surface area contributed by atoms with Crippen molar-refractivity contribution in [1.82, 2.24) is 4.98 Å². The highest BCUT2D eigenvalue weighted by Crippen LogP contribution is 2.25. The monoisotopic (exact) mass is 233 g/mol. The molecule has 0 spiro atoms. The van der Waals surface area contributed by atoms with Crippen LogP contribution < -0.4 is 0 Å². The van der Waals surface area contributed by atoms with E-state index in [0.29, 0.717) is 5.92 Å². The first kappa shape index (κ1) is 11.4.